The van der Waals surface area contributed by atoms with E-state index in [1.165, 1.54) is 40.8 Å². The van der Waals surface area contributed by atoms with Gasteiger partial charge in [0.05, 0.1) is 0 Å². The Bertz CT molecular complexity index is 486. The van der Waals surface area contributed by atoms with Gasteiger partial charge in [0.2, 0.25) is 0 Å². The van der Waals surface area contributed by atoms with Crippen molar-refractivity contribution in [2.45, 2.75) is 25.4 Å². The number of hydrogen-bond donors (Lipinski definition) is 2. The molecule has 0 aliphatic carbocycles. The molecule has 17 heavy (non-hydrogen) atoms. The van der Waals surface area contributed by atoms with E-state index in [1.807, 2.05) is 0 Å². The number of para-hydroxylation sites is 1. The molecule has 2 nitrogen and oxygen atoms in total. The number of thioether (sulfide) groups is 1. The van der Waals surface area contributed by atoms with Crippen LogP contribution in [0.15, 0.2) is 30.5 Å². The normalized spacial score (nSPS) is 17.6. The maximum absolute atomic E-state index is 3.68. The van der Waals surface area contributed by atoms with Crippen molar-refractivity contribution in [2.75, 3.05) is 11.5 Å². The van der Waals surface area contributed by atoms with Gasteiger partial charge < -0.3 is 10.3 Å². The van der Waals surface area contributed by atoms with E-state index in [4.69, 9.17) is 0 Å². The molecule has 0 unspecified atom stereocenters. The second-order valence-corrected chi connectivity index (χ2v) is 5.85. The molecule has 0 bridgehead atoms. The van der Waals surface area contributed by atoms with Crippen LogP contribution in [0.2, 0.25) is 0 Å². The van der Waals surface area contributed by atoms with E-state index >= 15 is 0 Å². The summed E-state index contributed by atoms with van der Waals surface area (Å²) >= 11 is 2.08. The highest BCUT2D eigenvalue weighted by atomic mass is 32.2. The Hall–Kier alpha value is -0.930. The Morgan fingerprint density at radius 3 is 2.94 bits per heavy atom. The van der Waals surface area contributed by atoms with Crippen molar-refractivity contribution in [1.82, 2.24) is 10.3 Å². The van der Waals surface area contributed by atoms with Gasteiger partial charge >= 0.3 is 0 Å². The van der Waals surface area contributed by atoms with Crippen LogP contribution in [0.5, 0.6) is 0 Å². The van der Waals surface area contributed by atoms with Crippen LogP contribution >= 0.6 is 11.8 Å². The largest absolute Gasteiger partial charge is 0.361 e. The first-order chi connectivity index (χ1) is 8.43. The number of aromatic nitrogens is 1. The lowest BCUT2D eigenvalue weighted by Crippen LogP contribution is -2.31. The zero-order chi connectivity index (χ0) is 11.5. The summed E-state index contributed by atoms with van der Waals surface area (Å²) in [5, 5.41) is 5.03. The number of fused-ring (bicyclic) bond motifs is 1. The van der Waals surface area contributed by atoms with Crippen molar-refractivity contribution in [1.29, 1.82) is 0 Å². The molecule has 2 N–H and O–H groups in total. The van der Waals surface area contributed by atoms with E-state index in [0.717, 1.165) is 6.54 Å². The molecule has 0 saturated carbocycles. The van der Waals surface area contributed by atoms with Gasteiger partial charge in [0.1, 0.15) is 0 Å². The van der Waals surface area contributed by atoms with Crippen molar-refractivity contribution in [3.05, 3.63) is 36.0 Å². The van der Waals surface area contributed by atoms with Crippen LogP contribution in [0.25, 0.3) is 10.9 Å². The first kappa shape index (κ1) is 11.2. The maximum atomic E-state index is 3.68. The van der Waals surface area contributed by atoms with Crippen molar-refractivity contribution < 1.29 is 0 Å². The molecule has 1 aliphatic rings. The molecule has 2 heterocycles. The van der Waals surface area contributed by atoms with Crippen molar-refractivity contribution in [3.63, 3.8) is 0 Å². The molecule has 1 saturated heterocycles. The molecule has 0 amide bonds. The zero-order valence-electron chi connectivity index (χ0n) is 9.91. The smallest absolute Gasteiger partial charge is 0.0457 e. The zero-order valence-corrected chi connectivity index (χ0v) is 10.7. The number of aromatic amines is 1. The van der Waals surface area contributed by atoms with Gasteiger partial charge in [-0.25, -0.2) is 0 Å². The highest BCUT2D eigenvalue weighted by Gasteiger charge is 2.13. The number of hydrogen-bond acceptors (Lipinski definition) is 2. The fourth-order valence-corrected chi connectivity index (χ4v) is 3.54. The van der Waals surface area contributed by atoms with E-state index in [2.05, 4.69) is 52.5 Å². The SMILES string of the molecule is c1ccc2c(CNC3CCSCC3)c[nH]c2c1. The fraction of sp³-hybridized carbons (Fsp3) is 0.429. The number of H-pyrrole nitrogens is 1. The molecule has 90 valence electrons. The quantitative estimate of drug-likeness (QED) is 0.870. The Morgan fingerprint density at radius 1 is 1.24 bits per heavy atom. The number of nitrogens with one attached hydrogen (secondary N) is 2. The van der Waals surface area contributed by atoms with Crippen LogP contribution in [0.1, 0.15) is 18.4 Å². The molecule has 1 aromatic carbocycles. The molecule has 2 aromatic rings. The summed E-state index contributed by atoms with van der Waals surface area (Å²) in [7, 11) is 0. The minimum absolute atomic E-state index is 0.713. The lowest BCUT2D eigenvalue weighted by atomic mass is 10.1. The highest BCUT2D eigenvalue weighted by Crippen LogP contribution is 2.20. The second-order valence-electron chi connectivity index (χ2n) is 4.63. The Morgan fingerprint density at radius 2 is 2.06 bits per heavy atom. The number of rotatable bonds is 3. The predicted octanol–water partition coefficient (Wildman–Crippen LogP) is 3.15. The standard InChI is InChI=1S/C14H18N2S/c1-2-4-14-13(3-1)11(10-16-14)9-15-12-5-7-17-8-6-12/h1-4,10,12,15-16H,5-9H2. The summed E-state index contributed by atoms with van der Waals surface area (Å²) in [5.41, 5.74) is 2.63. The minimum atomic E-state index is 0.713. The molecule has 0 radical (unpaired) electrons. The third kappa shape index (κ3) is 2.50. The van der Waals surface area contributed by atoms with Crippen LogP contribution in [0, 0.1) is 0 Å². The minimum Gasteiger partial charge on any atom is -0.361 e. The van der Waals surface area contributed by atoms with Crippen LogP contribution in [0.3, 0.4) is 0 Å². The third-order valence-electron chi connectivity index (χ3n) is 3.48. The van der Waals surface area contributed by atoms with Crippen LogP contribution in [-0.2, 0) is 6.54 Å². The summed E-state index contributed by atoms with van der Waals surface area (Å²) in [6.07, 6.45) is 4.76. The van der Waals surface area contributed by atoms with E-state index in [9.17, 15) is 0 Å². The van der Waals surface area contributed by atoms with Gasteiger partial charge in [-0.15, -0.1) is 0 Å². The Kier molecular flexibility index (Phi) is 3.39. The van der Waals surface area contributed by atoms with Crippen LogP contribution in [0.4, 0.5) is 0 Å². The average molecular weight is 246 g/mol. The highest BCUT2D eigenvalue weighted by molar-refractivity contribution is 7.99. The molecule has 0 atom stereocenters. The van der Waals surface area contributed by atoms with E-state index in [-0.39, 0.29) is 0 Å². The molecule has 1 aromatic heterocycles. The lowest BCUT2D eigenvalue weighted by molar-refractivity contribution is 0.483. The summed E-state index contributed by atoms with van der Waals surface area (Å²) in [6.45, 7) is 0.985. The van der Waals surface area contributed by atoms with Gasteiger partial charge in [-0.2, -0.15) is 11.8 Å². The maximum Gasteiger partial charge on any atom is 0.0457 e. The Labute approximate surface area is 106 Å². The molecular formula is C14H18N2S. The van der Waals surface area contributed by atoms with E-state index < -0.39 is 0 Å². The van der Waals surface area contributed by atoms with E-state index in [1.54, 1.807) is 0 Å². The number of benzene rings is 1. The fourth-order valence-electron chi connectivity index (χ4n) is 2.43. The summed E-state index contributed by atoms with van der Waals surface area (Å²) in [6, 6.07) is 9.23. The van der Waals surface area contributed by atoms with Crippen molar-refractivity contribution in [3.8, 4) is 0 Å². The van der Waals surface area contributed by atoms with Gasteiger partial charge in [-0.05, 0) is 36.0 Å². The molecule has 0 spiro atoms. The van der Waals surface area contributed by atoms with Crippen molar-refractivity contribution in [2.24, 2.45) is 0 Å². The Balaban J connectivity index is 1.68. The molecular weight excluding hydrogens is 228 g/mol. The average Bonchev–Trinajstić information content (AvgIpc) is 2.81. The van der Waals surface area contributed by atoms with E-state index in [0.29, 0.717) is 6.04 Å². The molecule has 3 heteroatoms. The first-order valence-electron chi connectivity index (χ1n) is 6.29. The van der Waals surface area contributed by atoms with Gasteiger partial charge in [0.15, 0.2) is 0 Å². The molecule has 1 fully saturated rings. The summed E-state index contributed by atoms with van der Waals surface area (Å²) < 4.78 is 0. The molecule has 3 rings (SSSR count). The molecule has 1 aliphatic heterocycles. The van der Waals surface area contributed by atoms with Gasteiger partial charge in [-0.3, -0.25) is 0 Å². The first-order valence-corrected chi connectivity index (χ1v) is 7.45. The van der Waals surface area contributed by atoms with Gasteiger partial charge in [0.25, 0.3) is 0 Å². The summed E-state index contributed by atoms with van der Waals surface area (Å²) in [4.78, 5) is 3.33. The second kappa shape index (κ2) is 5.15. The monoisotopic (exact) mass is 246 g/mol. The third-order valence-corrected chi connectivity index (χ3v) is 4.53. The predicted molar refractivity (Wildman–Crippen MR) is 75.5 cm³/mol. The lowest BCUT2D eigenvalue weighted by Gasteiger charge is -2.22. The van der Waals surface area contributed by atoms with Gasteiger partial charge in [0, 0.05) is 29.7 Å². The van der Waals surface area contributed by atoms with Crippen LogP contribution < -0.4 is 5.32 Å². The van der Waals surface area contributed by atoms with Crippen LogP contribution in [-0.4, -0.2) is 22.5 Å². The van der Waals surface area contributed by atoms with Gasteiger partial charge in [-0.1, -0.05) is 18.2 Å². The van der Waals surface area contributed by atoms with Crippen molar-refractivity contribution >= 4 is 22.7 Å². The summed E-state index contributed by atoms with van der Waals surface area (Å²) in [5.74, 6) is 2.62. The topological polar surface area (TPSA) is 27.8 Å².